The van der Waals surface area contributed by atoms with Gasteiger partial charge in [0.05, 0.1) is 5.69 Å². The fraction of sp³-hybridized carbons (Fsp3) is 0.333. The number of anilines is 1. The van der Waals surface area contributed by atoms with E-state index in [9.17, 15) is 9.59 Å². The summed E-state index contributed by atoms with van der Waals surface area (Å²) in [7, 11) is 0. The van der Waals surface area contributed by atoms with Crippen LogP contribution in [0, 0.1) is 0 Å². The number of amides is 2. The number of ether oxygens (including phenoxy) is 1. The van der Waals surface area contributed by atoms with Crippen LogP contribution in [-0.2, 0) is 14.3 Å². The van der Waals surface area contributed by atoms with Crippen LogP contribution in [0.2, 0.25) is 0 Å². The van der Waals surface area contributed by atoms with E-state index >= 15 is 0 Å². The first-order valence-corrected chi connectivity index (χ1v) is 11.2. The van der Waals surface area contributed by atoms with Crippen molar-refractivity contribution in [2.24, 2.45) is 0 Å². The van der Waals surface area contributed by atoms with Crippen molar-refractivity contribution in [2.45, 2.75) is 27.4 Å². The smallest absolute Gasteiger partial charge is 0.313 e. The fourth-order valence-electron chi connectivity index (χ4n) is 3.05. The monoisotopic (exact) mass is 416 g/mol. The predicted octanol–water partition coefficient (Wildman–Crippen LogP) is 3.80. The van der Waals surface area contributed by atoms with E-state index in [1.165, 1.54) is 11.8 Å². The van der Waals surface area contributed by atoms with Crippen molar-refractivity contribution in [3.05, 3.63) is 54.6 Å². The van der Waals surface area contributed by atoms with Crippen LogP contribution in [0.5, 0.6) is 0 Å². The van der Waals surface area contributed by atoms with Crippen LogP contribution in [0.15, 0.2) is 64.4 Å². The summed E-state index contributed by atoms with van der Waals surface area (Å²) >= 11 is 3.27. The van der Waals surface area contributed by atoms with Crippen LogP contribution in [-0.4, -0.2) is 42.6 Å². The average Bonchev–Trinajstić information content (AvgIpc) is 2.74. The quantitative estimate of drug-likeness (QED) is 0.554. The van der Waals surface area contributed by atoms with Crippen LogP contribution >= 0.6 is 23.5 Å². The van der Waals surface area contributed by atoms with Crippen molar-refractivity contribution in [2.75, 3.05) is 31.3 Å². The van der Waals surface area contributed by atoms with Gasteiger partial charge in [0.1, 0.15) is 0 Å². The molecule has 0 bridgehead atoms. The molecule has 0 aliphatic carbocycles. The molecule has 0 unspecified atom stereocenters. The number of para-hydroxylation sites is 1. The van der Waals surface area contributed by atoms with Crippen LogP contribution < -0.4 is 10.6 Å². The topological polar surface area (TPSA) is 67.4 Å². The molecular weight excluding hydrogens is 392 g/mol. The summed E-state index contributed by atoms with van der Waals surface area (Å²) in [6.07, 6.45) is 3.58. The number of nitrogens with one attached hydrogen (secondary N) is 2. The van der Waals surface area contributed by atoms with Gasteiger partial charge in [-0.05, 0) is 43.4 Å². The van der Waals surface area contributed by atoms with Crippen LogP contribution in [0.3, 0.4) is 0 Å². The van der Waals surface area contributed by atoms with Gasteiger partial charge in [-0.2, -0.15) is 0 Å². The zero-order valence-corrected chi connectivity index (χ0v) is 17.4. The molecule has 2 amide bonds. The average molecular weight is 417 g/mol. The predicted molar refractivity (Wildman–Crippen MR) is 115 cm³/mol. The maximum Gasteiger partial charge on any atom is 0.313 e. The van der Waals surface area contributed by atoms with Gasteiger partial charge in [-0.3, -0.25) is 9.59 Å². The van der Waals surface area contributed by atoms with Crippen molar-refractivity contribution in [3.63, 3.8) is 0 Å². The molecule has 1 heterocycles. The highest BCUT2D eigenvalue weighted by Crippen LogP contribution is 2.40. The molecule has 1 aliphatic rings. The summed E-state index contributed by atoms with van der Waals surface area (Å²) in [6, 6.07) is 17.6. The number of carbonyl (C=O) groups is 2. The van der Waals surface area contributed by atoms with Gasteiger partial charge in [-0.15, -0.1) is 23.5 Å². The zero-order chi connectivity index (χ0) is 19.8. The van der Waals surface area contributed by atoms with Gasteiger partial charge in [0, 0.05) is 34.3 Å². The van der Waals surface area contributed by atoms with Crippen molar-refractivity contribution in [3.8, 4) is 0 Å². The van der Waals surface area contributed by atoms with E-state index in [2.05, 4.69) is 22.8 Å². The molecule has 0 aromatic heterocycles. The number of thioether (sulfide) groups is 2. The third-order valence-electron chi connectivity index (χ3n) is 4.61. The maximum atomic E-state index is 12.4. The zero-order valence-electron chi connectivity index (χ0n) is 15.8. The van der Waals surface area contributed by atoms with Gasteiger partial charge in [-0.25, -0.2) is 0 Å². The largest absolute Gasteiger partial charge is 0.381 e. The van der Waals surface area contributed by atoms with Crippen molar-refractivity contribution >= 4 is 41.0 Å². The Morgan fingerprint density at radius 3 is 2.39 bits per heavy atom. The van der Waals surface area contributed by atoms with Gasteiger partial charge in [0.25, 0.3) is 0 Å². The maximum absolute atomic E-state index is 12.4. The highest BCUT2D eigenvalue weighted by molar-refractivity contribution is 8.00. The Balaban J connectivity index is 1.62. The molecule has 0 atom stereocenters. The molecule has 2 N–H and O–H groups in total. The summed E-state index contributed by atoms with van der Waals surface area (Å²) in [6.45, 7) is 1.73. The van der Waals surface area contributed by atoms with Crippen molar-refractivity contribution in [1.82, 2.24) is 5.32 Å². The molecule has 3 rings (SSSR count). The van der Waals surface area contributed by atoms with E-state index in [4.69, 9.17) is 4.74 Å². The summed E-state index contributed by atoms with van der Waals surface area (Å²) in [5, 5.41) is 5.54. The van der Waals surface area contributed by atoms with Gasteiger partial charge in [0.2, 0.25) is 0 Å². The summed E-state index contributed by atoms with van der Waals surface area (Å²) in [5.41, 5.74) is 0.648. The molecule has 1 saturated heterocycles. The lowest BCUT2D eigenvalue weighted by molar-refractivity contribution is -0.136. The van der Waals surface area contributed by atoms with E-state index in [1.807, 2.05) is 42.7 Å². The number of hydrogen-bond acceptors (Lipinski definition) is 5. The number of hydrogen-bond donors (Lipinski definition) is 2. The van der Waals surface area contributed by atoms with E-state index in [0.29, 0.717) is 25.4 Å². The molecule has 2 aromatic carbocycles. The Hall–Kier alpha value is -1.96. The van der Waals surface area contributed by atoms with Gasteiger partial charge in [-0.1, -0.05) is 30.3 Å². The Morgan fingerprint density at radius 1 is 1.00 bits per heavy atom. The second-order valence-corrected chi connectivity index (χ2v) is 8.94. The van der Waals surface area contributed by atoms with Crippen molar-refractivity contribution < 1.29 is 14.3 Å². The molecule has 0 saturated carbocycles. The summed E-state index contributed by atoms with van der Waals surface area (Å²) in [5.74, 6) is -1.26. The SMILES string of the molecule is CSc1ccccc1NC(=O)C(=O)NCC1(Sc2ccccc2)CCOCC1. The lowest BCUT2D eigenvalue weighted by atomic mass is 9.99. The Morgan fingerprint density at radius 2 is 1.68 bits per heavy atom. The Labute approximate surface area is 174 Å². The molecule has 1 aliphatic heterocycles. The van der Waals surface area contributed by atoms with E-state index in [-0.39, 0.29) is 4.75 Å². The lowest BCUT2D eigenvalue weighted by Crippen LogP contribution is -2.47. The van der Waals surface area contributed by atoms with Crippen molar-refractivity contribution in [1.29, 1.82) is 0 Å². The Bertz CT molecular complexity index is 808. The first-order chi connectivity index (χ1) is 13.6. The molecule has 0 spiro atoms. The second-order valence-electron chi connectivity index (χ2n) is 6.55. The van der Waals surface area contributed by atoms with E-state index in [0.717, 1.165) is 22.6 Å². The van der Waals surface area contributed by atoms with Gasteiger partial charge >= 0.3 is 11.8 Å². The number of rotatable bonds is 6. The first-order valence-electron chi connectivity index (χ1n) is 9.16. The molecule has 2 aromatic rings. The normalized spacial score (nSPS) is 15.6. The first kappa shape index (κ1) is 20.8. The van der Waals surface area contributed by atoms with Crippen LogP contribution in [0.1, 0.15) is 12.8 Å². The highest BCUT2D eigenvalue weighted by Gasteiger charge is 2.35. The number of carbonyl (C=O) groups excluding carboxylic acids is 2. The summed E-state index contributed by atoms with van der Waals surface area (Å²) in [4.78, 5) is 26.8. The Kier molecular flexibility index (Phi) is 7.42. The molecule has 0 radical (unpaired) electrons. The number of benzene rings is 2. The van der Waals surface area contributed by atoms with E-state index in [1.54, 1.807) is 17.8 Å². The second kappa shape index (κ2) is 10.0. The molecule has 5 nitrogen and oxygen atoms in total. The van der Waals surface area contributed by atoms with E-state index < -0.39 is 11.8 Å². The minimum absolute atomic E-state index is 0.174. The van der Waals surface area contributed by atoms with Gasteiger partial charge < -0.3 is 15.4 Å². The molecular formula is C21H24N2O3S2. The molecule has 1 fully saturated rings. The third-order valence-corrected chi connectivity index (χ3v) is 6.90. The fourth-order valence-corrected chi connectivity index (χ4v) is 4.91. The minimum atomic E-state index is -0.645. The standard InChI is InChI=1S/C21H24N2O3S2/c1-27-18-10-6-5-9-17(18)23-20(25)19(24)22-15-21(11-13-26-14-12-21)28-16-7-3-2-4-8-16/h2-10H,11-15H2,1H3,(H,22,24)(H,23,25). The lowest BCUT2D eigenvalue weighted by Gasteiger charge is -2.36. The summed E-state index contributed by atoms with van der Waals surface area (Å²) < 4.78 is 5.34. The minimum Gasteiger partial charge on any atom is -0.381 e. The third kappa shape index (κ3) is 5.53. The van der Waals surface area contributed by atoms with Crippen LogP contribution in [0.4, 0.5) is 5.69 Å². The molecule has 148 valence electrons. The van der Waals surface area contributed by atoms with Crippen LogP contribution in [0.25, 0.3) is 0 Å². The van der Waals surface area contributed by atoms with Gasteiger partial charge in [0.15, 0.2) is 0 Å². The molecule has 7 heteroatoms. The molecule has 28 heavy (non-hydrogen) atoms. The highest BCUT2D eigenvalue weighted by atomic mass is 32.2.